The Morgan fingerprint density at radius 3 is 2.56 bits per heavy atom. The minimum absolute atomic E-state index is 0.177. The van der Waals surface area contributed by atoms with Crippen LogP contribution in [0.15, 0.2) is 28.8 Å². The standard InChI is InChI=1S/C11H10Cl2N2O/c1-6(14)11-5-10(15-16-11)7-2-3-8(12)9(13)4-7/h2-6H,14H2,1H3. The van der Waals surface area contributed by atoms with Gasteiger partial charge in [-0.15, -0.1) is 0 Å². The molecule has 1 aromatic carbocycles. The first-order valence-electron chi connectivity index (χ1n) is 4.75. The molecule has 0 bridgehead atoms. The molecule has 0 radical (unpaired) electrons. The summed E-state index contributed by atoms with van der Waals surface area (Å²) in [7, 11) is 0. The summed E-state index contributed by atoms with van der Waals surface area (Å²) in [6.45, 7) is 1.83. The number of rotatable bonds is 2. The van der Waals surface area contributed by atoms with Crippen LogP contribution in [0.3, 0.4) is 0 Å². The van der Waals surface area contributed by atoms with E-state index >= 15 is 0 Å². The molecular weight excluding hydrogens is 247 g/mol. The lowest BCUT2D eigenvalue weighted by molar-refractivity contribution is 0.369. The maximum absolute atomic E-state index is 5.92. The van der Waals surface area contributed by atoms with E-state index in [0.29, 0.717) is 21.5 Å². The Morgan fingerprint density at radius 1 is 1.25 bits per heavy atom. The maximum atomic E-state index is 5.92. The highest BCUT2D eigenvalue weighted by Gasteiger charge is 2.10. The van der Waals surface area contributed by atoms with E-state index < -0.39 is 0 Å². The molecule has 2 N–H and O–H groups in total. The largest absolute Gasteiger partial charge is 0.359 e. The fourth-order valence-electron chi connectivity index (χ4n) is 1.30. The van der Waals surface area contributed by atoms with Gasteiger partial charge in [0.15, 0.2) is 5.76 Å². The van der Waals surface area contributed by atoms with Crippen LogP contribution in [0.4, 0.5) is 0 Å². The van der Waals surface area contributed by atoms with E-state index in [2.05, 4.69) is 5.16 Å². The van der Waals surface area contributed by atoms with E-state index in [1.807, 2.05) is 13.0 Å². The normalized spacial score (nSPS) is 12.8. The van der Waals surface area contributed by atoms with Crippen molar-refractivity contribution in [2.75, 3.05) is 0 Å². The average Bonchev–Trinajstić information content (AvgIpc) is 2.71. The van der Waals surface area contributed by atoms with Crippen LogP contribution in [0.1, 0.15) is 18.7 Å². The third-order valence-corrected chi connectivity index (χ3v) is 2.93. The molecule has 5 heteroatoms. The second kappa shape index (κ2) is 4.45. The molecule has 3 nitrogen and oxygen atoms in total. The molecule has 84 valence electrons. The molecule has 0 amide bonds. The van der Waals surface area contributed by atoms with Gasteiger partial charge in [-0.05, 0) is 19.1 Å². The quantitative estimate of drug-likeness (QED) is 0.892. The molecular formula is C11H10Cl2N2O. The molecule has 2 aromatic rings. The third kappa shape index (κ3) is 2.21. The van der Waals surface area contributed by atoms with Crippen LogP contribution in [-0.2, 0) is 0 Å². The average molecular weight is 257 g/mol. The van der Waals surface area contributed by atoms with Crippen molar-refractivity contribution in [2.45, 2.75) is 13.0 Å². The van der Waals surface area contributed by atoms with Crippen LogP contribution in [0.5, 0.6) is 0 Å². The molecule has 1 heterocycles. The number of aromatic nitrogens is 1. The Hall–Kier alpha value is -1.03. The van der Waals surface area contributed by atoms with Gasteiger partial charge < -0.3 is 10.3 Å². The monoisotopic (exact) mass is 256 g/mol. The number of nitrogens with zero attached hydrogens (tertiary/aromatic N) is 1. The summed E-state index contributed by atoms with van der Waals surface area (Å²) in [5, 5.41) is 4.93. The van der Waals surface area contributed by atoms with Crippen LogP contribution >= 0.6 is 23.2 Å². The second-order valence-corrected chi connectivity index (χ2v) is 4.35. The number of benzene rings is 1. The molecule has 16 heavy (non-hydrogen) atoms. The van der Waals surface area contributed by atoms with Crippen molar-refractivity contribution >= 4 is 23.2 Å². The van der Waals surface area contributed by atoms with Gasteiger partial charge in [-0.1, -0.05) is 34.4 Å². The van der Waals surface area contributed by atoms with Gasteiger partial charge in [0, 0.05) is 11.6 Å². The minimum Gasteiger partial charge on any atom is -0.359 e. The van der Waals surface area contributed by atoms with Crippen molar-refractivity contribution in [3.05, 3.63) is 40.1 Å². The molecule has 0 saturated carbocycles. The molecule has 0 aliphatic rings. The Bertz CT molecular complexity index is 508. The first-order chi connectivity index (χ1) is 7.58. The Morgan fingerprint density at radius 2 is 2.00 bits per heavy atom. The summed E-state index contributed by atoms with van der Waals surface area (Å²) in [4.78, 5) is 0. The molecule has 0 aliphatic carbocycles. The van der Waals surface area contributed by atoms with Crippen molar-refractivity contribution in [2.24, 2.45) is 5.73 Å². The number of hydrogen-bond acceptors (Lipinski definition) is 3. The summed E-state index contributed by atoms with van der Waals surface area (Å²) in [6.07, 6.45) is 0. The molecule has 0 saturated heterocycles. The van der Waals surface area contributed by atoms with Gasteiger partial charge >= 0.3 is 0 Å². The van der Waals surface area contributed by atoms with Crippen molar-refractivity contribution in [1.82, 2.24) is 5.16 Å². The first-order valence-corrected chi connectivity index (χ1v) is 5.51. The SMILES string of the molecule is CC(N)c1cc(-c2ccc(Cl)c(Cl)c2)no1. The highest BCUT2D eigenvalue weighted by molar-refractivity contribution is 6.42. The summed E-state index contributed by atoms with van der Waals surface area (Å²) in [5.74, 6) is 0.640. The molecule has 1 aromatic heterocycles. The van der Waals surface area contributed by atoms with Crippen LogP contribution in [0, 0.1) is 0 Å². The van der Waals surface area contributed by atoms with Crippen LogP contribution in [0.25, 0.3) is 11.3 Å². The lowest BCUT2D eigenvalue weighted by Crippen LogP contribution is -2.02. The smallest absolute Gasteiger partial charge is 0.153 e. The molecule has 1 unspecified atom stereocenters. The molecule has 0 fully saturated rings. The number of nitrogens with two attached hydrogens (primary N) is 1. The van der Waals surface area contributed by atoms with Crippen LogP contribution < -0.4 is 5.73 Å². The molecule has 1 atom stereocenters. The fourth-order valence-corrected chi connectivity index (χ4v) is 1.59. The van der Waals surface area contributed by atoms with E-state index in [-0.39, 0.29) is 6.04 Å². The second-order valence-electron chi connectivity index (χ2n) is 3.53. The van der Waals surface area contributed by atoms with Gasteiger partial charge in [-0.25, -0.2) is 0 Å². The zero-order valence-electron chi connectivity index (χ0n) is 8.58. The van der Waals surface area contributed by atoms with E-state index in [4.69, 9.17) is 33.5 Å². The van der Waals surface area contributed by atoms with E-state index in [0.717, 1.165) is 5.56 Å². The zero-order valence-corrected chi connectivity index (χ0v) is 10.1. The van der Waals surface area contributed by atoms with Crippen LogP contribution in [0.2, 0.25) is 10.0 Å². The van der Waals surface area contributed by atoms with E-state index in [1.165, 1.54) is 0 Å². The minimum atomic E-state index is -0.177. The van der Waals surface area contributed by atoms with Gasteiger partial charge in [0.2, 0.25) is 0 Å². The predicted octanol–water partition coefficient (Wildman–Crippen LogP) is 3.67. The summed E-state index contributed by atoms with van der Waals surface area (Å²) in [6, 6.07) is 6.91. The van der Waals surface area contributed by atoms with Gasteiger partial charge in [0.05, 0.1) is 16.1 Å². The van der Waals surface area contributed by atoms with Crippen molar-refractivity contribution in [1.29, 1.82) is 0 Å². The van der Waals surface area contributed by atoms with Gasteiger partial charge in [-0.2, -0.15) is 0 Å². The highest BCUT2D eigenvalue weighted by atomic mass is 35.5. The molecule has 0 spiro atoms. The Kier molecular flexibility index (Phi) is 3.19. The Balaban J connectivity index is 2.39. The van der Waals surface area contributed by atoms with Crippen molar-refractivity contribution in [3.8, 4) is 11.3 Å². The maximum Gasteiger partial charge on any atom is 0.153 e. The van der Waals surface area contributed by atoms with Crippen molar-refractivity contribution < 1.29 is 4.52 Å². The summed E-state index contributed by atoms with van der Waals surface area (Å²) >= 11 is 11.7. The topological polar surface area (TPSA) is 52.0 Å². The van der Waals surface area contributed by atoms with Gasteiger partial charge in [-0.3, -0.25) is 0 Å². The molecule has 2 rings (SSSR count). The fraction of sp³-hybridized carbons (Fsp3) is 0.182. The predicted molar refractivity (Wildman–Crippen MR) is 64.6 cm³/mol. The first kappa shape index (κ1) is 11.5. The van der Waals surface area contributed by atoms with E-state index in [9.17, 15) is 0 Å². The highest BCUT2D eigenvalue weighted by Crippen LogP contribution is 2.28. The summed E-state index contributed by atoms with van der Waals surface area (Å²) < 4.78 is 5.10. The lowest BCUT2D eigenvalue weighted by atomic mass is 10.1. The van der Waals surface area contributed by atoms with E-state index in [1.54, 1.807) is 18.2 Å². The summed E-state index contributed by atoms with van der Waals surface area (Å²) in [5.41, 5.74) is 7.23. The number of halogens is 2. The van der Waals surface area contributed by atoms with Gasteiger partial charge in [0.25, 0.3) is 0 Å². The third-order valence-electron chi connectivity index (χ3n) is 2.19. The van der Waals surface area contributed by atoms with Crippen molar-refractivity contribution in [3.63, 3.8) is 0 Å². The zero-order chi connectivity index (χ0) is 11.7. The van der Waals surface area contributed by atoms with Crippen LogP contribution in [-0.4, -0.2) is 5.16 Å². The van der Waals surface area contributed by atoms with Gasteiger partial charge in [0.1, 0.15) is 5.69 Å². The number of hydrogen-bond donors (Lipinski definition) is 1. The molecule has 0 aliphatic heterocycles. The Labute approximate surface area is 103 Å². The lowest BCUT2D eigenvalue weighted by Gasteiger charge is -1.98.